The number of carbonyl (C=O) groups excluding carboxylic acids is 2. The molecule has 0 saturated carbocycles. The first kappa shape index (κ1) is 16.0. The molecule has 1 unspecified atom stereocenters. The molecule has 1 aliphatic rings. The molecular formula is C16H21BrN2O2. The zero-order chi connectivity index (χ0) is 15.4. The van der Waals surface area contributed by atoms with Gasteiger partial charge in [-0.3, -0.25) is 9.59 Å². The molecule has 1 saturated heterocycles. The minimum absolute atomic E-state index is 0.0177. The topological polar surface area (TPSA) is 40.6 Å². The maximum Gasteiger partial charge on any atom is 0.227 e. The first-order valence-electron chi connectivity index (χ1n) is 7.34. The van der Waals surface area contributed by atoms with Crippen LogP contribution >= 0.6 is 15.9 Å². The van der Waals surface area contributed by atoms with E-state index in [-0.39, 0.29) is 17.7 Å². The number of rotatable bonds is 5. The van der Waals surface area contributed by atoms with E-state index in [0.29, 0.717) is 13.0 Å². The van der Waals surface area contributed by atoms with Crippen LogP contribution in [0, 0.1) is 5.92 Å². The van der Waals surface area contributed by atoms with E-state index < -0.39 is 0 Å². The molecule has 0 N–H and O–H groups in total. The van der Waals surface area contributed by atoms with E-state index in [1.165, 1.54) is 0 Å². The monoisotopic (exact) mass is 352 g/mol. The molecule has 4 nitrogen and oxygen atoms in total. The molecular weight excluding hydrogens is 332 g/mol. The summed E-state index contributed by atoms with van der Waals surface area (Å²) < 4.78 is 0.880. The molecule has 0 aromatic heterocycles. The molecule has 2 rings (SSSR count). The van der Waals surface area contributed by atoms with Crippen molar-refractivity contribution in [1.82, 2.24) is 4.90 Å². The number of hydrogen-bond donors (Lipinski definition) is 0. The molecule has 0 bridgehead atoms. The molecule has 0 radical (unpaired) electrons. The number of unbranched alkanes of at least 4 members (excludes halogenated alkanes) is 1. The van der Waals surface area contributed by atoms with Crippen molar-refractivity contribution in [3.63, 3.8) is 0 Å². The summed E-state index contributed by atoms with van der Waals surface area (Å²) >= 11 is 3.46. The van der Waals surface area contributed by atoms with Crippen LogP contribution < -0.4 is 4.90 Å². The number of para-hydroxylation sites is 1. The highest BCUT2D eigenvalue weighted by molar-refractivity contribution is 9.10. The Morgan fingerprint density at radius 3 is 2.81 bits per heavy atom. The van der Waals surface area contributed by atoms with Gasteiger partial charge in [-0.2, -0.15) is 0 Å². The fraction of sp³-hybridized carbons (Fsp3) is 0.500. The van der Waals surface area contributed by atoms with Crippen molar-refractivity contribution in [2.45, 2.75) is 26.2 Å². The lowest BCUT2D eigenvalue weighted by Crippen LogP contribution is -2.35. The maximum absolute atomic E-state index is 12.4. The Labute approximate surface area is 134 Å². The first-order chi connectivity index (χ1) is 10.0. The minimum atomic E-state index is -0.230. The number of carbonyl (C=O) groups is 2. The molecule has 0 spiro atoms. The van der Waals surface area contributed by atoms with Crippen LogP contribution in [0.15, 0.2) is 28.7 Å². The van der Waals surface area contributed by atoms with Crippen molar-refractivity contribution in [2.75, 3.05) is 25.0 Å². The Bertz CT molecular complexity index is 533. The summed E-state index contributed by atoms with van der Waals surface area (Å²) in [4.78, 5) is 28.1. The Hall–Kier alpha value is -1.36. The van der Waals surface area contributed by atoms with Gasteiger partial charge in [0.05, 0.1) is 11.6 Å². The molecule has 5 heteroatoms. The number of nitrogens with zero attached hydrogens (tertiary/aromatic N) is 2. The van der Waals surface area contributed by atoms with E-state index in [0.717, 1.165) is 29.5 Å². The average molecular weight is 353 g/mol. The SMILES string of the molecule is CCCCN(C)C(=O)C1CC(=O)N(c2ccccc2Br)C1. The summed E-state index contributed by atoms with van der Waals surface area (Å²) in [6, 6.07) is 7.62. The van der Waals surface area contributed by atoms with Crippen LogP contribution in [-0.2, 0) is 9.59 Å². The fourth-order valence-electron chi connectivity index (χ4n) is 2.59. The molecule has 0 aliphatic carbocycles. The van der Waals surface area contributed by atoms with E-state index in [1.807, 2.05) is 31.3 Å². The number of halogens is 1. The molecule has 114 valence electrons. The first-order valence-corrected chi connectivity index (χ1v) is 8.13. The van der Waals surface area contributed by atoms with Crippen molar-refractivity contribution in [3.05, 3.63) is 28.7 Å². The zero-order valence-corrected chi connectivity index (χ0v) is 14.1. The summed E-state index contributed by atoms with van der Waals surface area (Å²) in [5, 5.41) is 0. The minimum Gasteiger partial charge on any atom is -0.345 e. The predicted octanol–water partition coefficient (Wildman–Crippen LogP) is 3.06. The number of amides is 2. The number of hydrogen-bond acceptors (Lipinski definition) is 2. The van der Waals surface area contributed by atoms with Gasteiger partial charge in [0.2, 0.25) is 11.8 Å². The van der Waals surface area contributed by atoms with Crippen molar-refractivity contribution >= 4 is 33.4 Å². The van der Waals surface area contributed by atoms with E-state index in [4.69, 9.17) is 0 Å². The third-order valence-electron chi connectivity index (χ3n) is 3.84. The van der Waals surface area contributed by atoms with Gasteiger partial charge in [0.25, 0.3) is 0 Å². The van der Waals surface area contributed by atoms with Gasteiger partial charge in [0.1, 0.15) is 0 Å². The van der Waals surface area contributed by atoms with Crippen molar-refractivity contribution in [2.24, 2.45) is 5.92 Å². The summed E-state index contributed by atoms with van der Waals surface area (Å²) in [5.41, 5.74) is 0.842. The number of benzene rings is 1. The smallest absolute Gasteiger partial charge is 0.227 e. The molecule has 1 aromatic carbocycles. The molecule has 1 fully saturated rings. The molecule has 1 aromatic rings. The number of anilines is 1. The standard InChI is InChI=1S/C16H21BrN2O2/c1-3-4-9-18(2)16(21)12-10-15(20)19(11-12)14-8-6-5-7-13(14)17/h5-8,12H,3-4,9-11H2,1-2H3. The van der Waals surface area contributed by atoms with Gasteiger partial charge >= 0.3 is 0 Å². The second-order valence-corrected chi connectivity index (χ2v) is 6.32. The Kier molecular flexibility index (Phi) is 5.39. The lowest BCUT2D eigenvalue weighted by Gasteiger charge is -2.21. The highest BCUT2D eigenvalue weighted by Crippen LogP contribution is 2.31. The molecule has 1 heterocycles. The molecule has 21 heavy (non-hydrogen) atoms. The highest BCUT2D eigenvalue weighted by Gasteiger charge is 2.36. The van der Waals surface area contributed by atoms with Crippen LogP contribution in [0.1, 0.15) is 26.2 Å². The van der Waals surface area contributed by atoms with Gasteiger partial charge < -0.3 is 9.80 Å². The van der Waals surface area contributed by atoms with Crippen molar-refractivity contribution < 1.29 is 9.59 Å². The maximum atomic E-state index is 12.4. The van der Waals surface area contributed by atoms with Gasteiger partial charge in [-0.15, -0.1) is 0 Å². The summed E-state index contributed by atoms with van der Waals surface area (Å²) in [6.45, 7) is 3.33. The average Bonchev–Trinajstić information content (AvgIpc) is 2.86. The third kappa shape index (κ3) is 3.64. The van der Waals surface area contributed by atoms with E-state index in [1.54, 1.807) is 9.80 Å². The normalized spacial score (nSPS) is 18.1. The second kappa shape index (κ2) is 7.07. The Balaban J connectivity index is 2.06. The van der Waals surface area contributed by atoms with Crippen LogP contribution in [0.4, 0.5) is 5.69 Å². The van der Waals surface area contributed by atoms with E-state index >= 15 is 0 Å². The van der Waals surface area contributed by atoms with Crippen LogP contribution in [0.25, 0.3) is 0 Å². The lowest BCUT2D eigenvalue weighted by atomic mass is 10.1. The van der Waals surface area contributed by atoms with Crippen LogP contribution in [-0.4, -0.2) is 36.9 Å². The predicted molar refractivity (Wildman–Crippen MR) is 87.1 cm³/mol. The van der Waals surface area contributed by atoms with E-state index in [9.17, 15) is 9.59 Å². The van der Waals surface area contributed by atoms with E-state index in [2.05, 4.69) is 22.9 Å². The van der Waals surface area contributed by atoms with Gasteiger partial charge in [-0.25, -0.2) is 0 Å². The van der Waals surface area contributed by atoms with Crippen LogP contribution in [0.2, 0.25) is 0 Å². The van der Waals surface area contributed by atoms with Gasteiger partial charge in [-0.05, 0) is 34.5 Å². The molecule has 1 aliphatic heterocycles. The van der Waals surface area contributed by atoms with Crippen LogP contribution in [0.5, 0.6) is 0 Å². The quantitative estimate of drug-likeness (QED) is 0.816. The summed E-state index contributed by atoms with van der Waals surface area (Å²) in [6.07, 6.45) is 2.36. The second-order valence-electron chi connectivity index (χ2n) is 5.47. The summed E-state index contributed by atoms with van der Waals surface area (Å²) in [7, 11) is 1.82. The van der Waals surface area contributed by atoms with Crippen molar-refractivity contribution in [3.8, 4) is 0 Å². The summed E-state index contributed by atoms with van der Waals surface area (Å²) in [5.74, 6) is -0.137. The lowest BCUT2D eigenvalue weighted by molar-refractivity contribution is -0.134. The molecule has 2 amide bonds. The molecule has 1 atom stereocenters. The van der Waals surface area contributed by atoms with Gasteiger partial charge in [0.15, 0.2) is 0 Å². The largest absolute Gasteiger partial charge is 0.345 e. The van der Waals surface area contributed by atoms with Crippen molar-refractivity contribution in [1.29, 1.82) is 0 Å². The Morgan fingerprint density at radius 1 is 1.43 bits per heavy atom. The van der Waals surface area contributed by atoms with Crippen LogP contribution in [0.3, 0.4) is 0 Å². The van der Waals surface area contributed by atoms with Gasteiger partial charge in [-0.1, -0.05) is 25.5 Å². The highest BCUT2D eigenvalue weighted by atomic mass is 79.9. The Morgan fingerprint density at radius 2 is 2.14 bits per heavy atom. The fourth-order valence-corrected chi connectivity index (χ4v) is 3.09. The zero-order valence-electron chi connectivity index (χ0n) is 12.5. The van der Waals surface area contributed by atoms with Gasteiger partial charge in [0, 0.05) is 31.0 Å². The third-order valence-corrected chi connectivity index (χ3v) is 4.51.